The highest BCUT2D eigenvalue weighted by Gasteiger charge is 2.49. The Morgan fingerprint density at radius 2 is 0.693 bits per heavy atom. The first-order valence-electron chi connectivity index (χ1n) is 52.2. The van der Waals surface area contributed by atoms with Crippen molar-refractivity contribution in [2.45, 2.75) is 323 Å². The maximum Gasteiger partial charge on any atom is 0.306 e. The minimum atomic E-state index is -1.48. The minimum Gasteiger partial charge on any atom is -0.497 e. The molecule has 19 N–H and O–H groups in total. The number of hydrogen-bond acceptors (Lipinski definition) is 38. The number of hydrogen-bond donors (Lipinski definition) is 16. The van der Waals surface area contributed by atoms with E-state index in [2.05, 4.69) is 37.2 Å². The number of esters is 4. The zero-order chi connectivity index (χ0) is 109. The number of amides is 8. The average molecular weight is 2130 g/mol. The van der Waals surface area contributed by atoms with Crippen LogP contribution >= 0.6 is 0 Å². The molecule has 0 radical (unpaired) electrons. The first-order chi connectivity index (χ1) is 72.0. The molecule has 4 aliphatic heterocycles. The van der Waals surface area contributed by atoms with E-state index in [1.54, 1.807) is 19.1 Å². The summed E-state index contributed by atoms with van der Waals surface area (Å²) in [6.45, 7) is 4.51. The molecule has 0 spiro atoms. The van der Waals surface area contributed by atoms with Gasteiger partial charge in [0.2, 0.25) is 47.3 Å². The quantitative estimate of drug-likeness (QED) is 0.0164. The number of carbonyl (C=O) groups is 13. The Bertz CT molecular complexity index is 4230. The number of aliphatic hydroxyl groups is 6. The summed E-state index contributed by atoms with van der Waals surface area (Å²) in [6.07, 6.45) is -5.76. The summed E-state index contributed by atoms with van der Waals surface area (Å²) < 4.78 is 91.8. The van der Waals surface area contributed by atoms with Crippen LogP contribution in [0.25, 0.3) is 0 Å². The van der Waals surface area contributed by atoms with E-state index < -0.39 is 145 Å². The van der Waals surface area contributed by atoms with Crippen molar-refractivity contribution >= 4 is 76.9 Å². The molecule has 0 aromatic heterocycles. The highest BCUT2D eigenvalue weighted by molar-refractivity contribution is 5.82. The molecule has 7 rings (SSSR count). The predicted molar refractivity (Wildman–Crippen MR) is 539 cm³/mol. The summed E-state index contributed by atoms with van der Waals surface area (Å²) in [5.41, 5.74) is 17.8. The van der Waals surface area contributed by atoms with Crippen molar-refractivity contribution in [3.8, 4) is 11.5 Å². The van der Waals surface area contributed by atoms with Crippen LogP contribution in [-0.4, -0.2) is 368 Å². The van der Waals surface area contributed by atoms with Gasteiger partial charge in [-0.25, -0.2) is 0 Å². The Kier molecular flexibility index (Phi) is 59.3. The van der Waals surface area contributed by atoms with Gasteiger partial charge in [0, 0.05) is 144 Å². The number of aliphatic hydroxyl groups excluding tert-OH is 6. The van der Waals surface area contributed by atoms with Crippen molar-refractivity contribution in [1.82, 2.24) is 42.1 Å². The zero-order valence-corrected chi connectivity index (χ0v) is 87.5. The molecule has 15 unspecified atom stereocenters. The molecule has 150 heavy (non-hydrogen) atoms. The number of benzene rings is 3. The van der Waals surface area contributed by atoms with Crippen molar-refractivity contribution in [3.63, 3.8) is 0 Å². The Morgan fingerprint density at radius 3 is 1.04 bits per heavy atom. The molecule has 46 heteroatoms. The second kappa shape index (κ2) is 70.2. The van der Waals surface area contributed by atoms with E-state index in [0.29, 0.717) is 95.0 Å². The van der Waals surface area contributed by atoms with E-state index in [1.807, 2.05) is 78.9 Å². The molecule has 3 aromatic carbocycles. The van der Waals surface area contributed by atoms with Gasteiger partial charge in [-0.3, -0.25) is 57.5 Å². The molecule has 0 saturated carbocycles. The van der Waals surface area contributed by atoms with E-state index in [0.717, 1.165) is 48.8 Å². The third-order valence-corrected chi connectivity index (χ3v) is 25.7. The first kappa shape index (κ1) is 127. The third-order valence-electron chi connectivity index (χ3n) is 25.7. The number of nitrogens with zero attached hydrogens (tertiary/aromatic N) is 1. The molecule has 4 aliphatic rings. The fraction of sp³-hybridized carbons (Fsp3) is 0.702. The second-order valence-electron chi connectivity index (χ2n) is 38.0. The number of likely N-dealkylation sites (tertiary alicyclic amines) is 1. The Morgan fingerprint density at radius 1 is 0.367 bits per heavy atom. The largest absolute Gasteiger partial charge is 0.497 e. The van der Waals surface area contributed by atoms with Crippen molar-refractivity contribution in [2.24, 2.45) is 17.2 Å². The summed E-state index contributed by atoms with van der Waals surface area (Å²) in [5.74, 6) is -3.62. The van der Waals surface area contributed by atoms with E-state index in [9.17, 15) is 93.0 Å². The van der Waals surface area contributed by atoms with Crippen LogP contribution in [0, 0.1) is 0 Å². The summed E-state index contributed by atoms with van der Waals surface area (Å²) in [4.78, 5) is 168. The highest BCUT2D eigenvalue weighted by Crippen LogP contribution is 2.43. The van der Waals surface area contributed by atoms with Crippen LogP contribution in [-0.2, 0) is 134 Å². The van der Waals surface area contributed by atoms with Crippen molar-refractivity contribution in [1.29, 1.82) is 0 Å². The number of methoxy groups -OCH3 is 2. The number of ether oxygens (including phenoxy) is 16. The minimum absolute atomic E-state index is 0.0291. The lowest BCUT2D eigenvalue weighted by molar-refractivity contribution is -0.267. The van der Waals surface area contributed by atoms with E-state index in [1.165, 1.54) is 27.7 Å². The summed E-state index contributed by atoms with van der Waals surface area (Å²) in [5, 5.41) is 82.4. The lowest BCUT2D eigenvalue weighted by Crippen LogP contribution is -2.62. The SMILES string of the molecule is COc1ccc(C(OC[C@@H]2C[C@@H](OC(=O)CCC(C)=O)CN2C(=O)CCCCCCCCCCC(=O)NC(COCCC(=O)NCCCNC(=O)CCCCOC2OC(COC(C)=O)C(O)C(O)C2N)(COCCC(=O)NCCCNC(=O)CCCCOC2OC(COC(C)=O)C(O)C(O)C2N)COCCC(=O)NCCCNC(=O)CCCCOC2OC(COC(C)=O)C(O)C(O)C2N)(c2ccccc2)c2ccc(OC)cc2)cc1. The number of unbranched alkanes of at least 4 members (excludes halogenated alkanes) is 10. The molecule has 0 aliphatic carbocycles. The Hall–Kier alpha value is -10.2. The molecule has 4 fully saturated rings. The number of rotatable bonds is 75. The smallest absolute Gasteiger partial charge is 0.306 e. The van der Waals surface area contributed by atoms with Crippen molar-refractivity contribution in [3.05, 3.63) is 95.6 Å². The number of carbonyl (C=O) groups excluding carboxylic acids is 13. The van der Waals surface area contributed by atoms with E-state index in [4.69, 9.17) is 93.0 Å². The third kappa shape index (κ3) is 46.4. The molecule has 4 heterocycles. The van der Waals surface area contributed by atoms with Crippen LogP contribution in [0.3, 0.4) is 0 Å². The van der Waals surface area contributed by atoms with Crippen molar-refractivity contribution in [2.75, 3.05) is 146 Å². The molecule has 844 valence electrons. The second-order valence-corrected chi connectivity index (χ2v) is 38.0. The maximum atomic E-state index is 14.5. The molecule has 3 aromatic rings. The lowest BCUT2D eigenvalue weighted by Gasteiger charge is -2.40. The van der Waals surface area contributed by atoms with E-state index in [-0.39, 0.29) is 243 Å². The van der Waals surface area contributed by atoms with Crippen LogP contribution < -0.4 is 63.9 Å². The van der Waals surface area contributed by atoms with Gasteiger partial charge in [-0.15, -0.1) is 0 Å². The van der Waals surface area contributed by atoms with Crippen molar-refractivity contribution < 1.29 is 169 Å². The van der Waals surface area contributed by atoms with Gasteiger partial charge >= 0.3 is 23.9 Å². The van der Waals surface area contributed by atoms with Gasteiger partial charge in [0.25, 0.3) is 0 Å². The molecule has 8 amide bonds. The molecule has 0 bridgehead atoms. The van der Waals surface area contributed by atoms with Gasteiger partial charge in [-0.2, -0.15) is 0 Å². The standard InChI is InChI=1S/C104H163N11O35/c1-68(116)34-43-90(128)147-78-59-75(61-146-104(72-27-14-13-15-28-72,73-35-39-76(135-5)40-36-73)74-37-41-77(136-6)42-38-74)115(60-78)89(127)33-17-12-10-8-7-9-11-16-32-88(126)114-103(65-137-56-44-85(123)111-50-24-47-108-82(120)29-18-21-53-140-100-91(105)97(132)94(129)79(148-100)62-143-69(2)117,66-138-57-45-86(124)112-51-25-48-109-83(121)30-19-22-54-141-101-92(106)98(133)95(130)80(149-101)63-144-70(3)118)67-139-58-46-87(125)113-52-26-49-110-84(122)31-20-23-55-142-102-93(107)99(134)96(131)81(150-102)64-145-71(4)119/h13-15,27-28,35-42,75,78-81,91-102,129-134H,7-12,16-26,29-34,43-67,105-107H2,1-6H3,(H,108,120)(H,109,121)(H,110,122)(H,111,123)(H,112,124)(H,113,125)(H,114,126)/t75-,78+,79?,80?,81?,91?,92?,93?,94?,95?,96?,97?,98?,99?,100?,101?,102?,103?/m0/s1. The molecular formula is C104H163N11O35. The highest BCUT2D eigenvalue weighted by atomic mass is 16.7. The fourth-order valence-corrected chi connectivity index (χ4v) is 17.1. The van der Waals surface area contributed by atoms with Crippen LogP contribution in [0.15, 0.2) is 78.9 Å². The van der Waals surface area contributed by atoms with Crippen LogP contribution in [0.1, 0.15) is 224 Å². The van der Waals surface area contributed by atoms with Gasteiger partial charge in [0.05, 0.1) is 97.6 Å². The number of ketones is 1. The molecule has 46 nitrogen and oxygen atoms in total. The summed E-state index contributed by atoms with van der Waals surface area (Å²) >= 11 is 0. The van der Waals surface area contributed by atoms with Gasteiger partial charge in [0.1, 0.15) is 109 Å². The van der Waals surface area contributed by atoms with E-state index >= 15 is 0 Å². The topological polar surface area (TPSA) is 656 Å². The summed E-state index contributed by atoms with van der Waals surface area (Å²) in [7, 11) is 3.19. The molecular weight excluding hydrogens is 1960 g/mol. The van der Waals surface area contributed by atoms with Crippen LogP contribution in [0.4, 0.5) is 0 Å². The Balaban J connectivity index is 0.929. The summed E-state index contributed by atoms with van der Waals surface area (Å²) in [6, 6.07) is 21.2. The van der Waals surface area contributed by atoms with Gasteiger partial charge < -0.3 is 171 Å². The van der Waals surface area contributed by atoms with Crippen LogP contribution in [0.5, 0.6) is 11.5 Å². The Labute approximate surface area is 876 Å². The van der Waals surface area contributed by atoms with Gasteiger partial charge in [-0.05, 0) is 119 Å². The monoisotopic (exact) mass is 2130 g/mol. The fourth-order valence-electron chi connectivity index (χ4n) is 17.1. The molecule has 4 saturated heterocycles. The first-order valence-corrected chi connectivity index (χ1v) is 52.2. The predicted octanol–water partition coefficient (Wildman–Crippen LogP) is 1.31. The van der Waals surface area contributed by atoms with Gasteiger partial charge in [-0.1, -0.05) is 93.1 Å². The number of Topliss-reactive ketones (excluding diaryl/α,β-unsaturated/α-hetero) is 1. The molecule has 17 atom stereocenters. The zero-order valence-electron chi connectivity index (χ0n) is 87.5. The maximum absolute atomic E-state index is 14.5. The van der Waals surface area contributed by atoms with Gasteiger partial charge in [0.15, 0.2) is 18.9 Å². The lowest BCUT2D eigenvalue weighted by atomic mass is 9.80. The number of nitrogens with two attached hydrogens (primary N) is 3. The number of nitrogens with one attached hydrogen (secondary N) is 7. The normalized spacial score (nSPS) is 22.5. The average Bonchev–Trinajstić information content (AvgIpc) is 1.00. The van der Waals surface area contributed by atoms with Crippen LogP contribution in [0.2, 0.25) is 0 Å².